The van der Waals surface area contributed by atoms with Gasteiger partial charge in [-0.15, -0.1) is 0 Å². The smallest absolute Gasteiger partial charge is 0.355 e. The van der Waals surface area contributed by atoms with E-state index in [1.54, 1.807) is 12.3 Å². The fraction of sp³-hybridized carbons (Fsp3) is 0.688. The topological polar surface area (TPSA) is 66.5 Å². The second-order valence-corrected chi connectivity index (χ2v) is 6.56. The lowest BCUT2D eigenvalue weighted by Crippen LogP contribution is -2.48. The van der Waals surface area contributed by atoms with Crippen molar-refractivity contribution in [3.05, 3.63) is 18.0 Å². The molecule has 2 N–H and O–H groups in total. The van der Waals surface area contributed by atoms with Gasteiger partial charge in [0.05, 0.1) is 17.9 Å². The van der Waals surface area contributed by atoms with Gasteiger partial charge < -0.3 is 19.8 Å². The number of rotatable bonds is 3. The van der Waals surface area contributed by atoms with E-state index in [-0.39, 0.29) is 23.7 Å². The second kappa shape index (κ2) is 5.37. The molecule has 0 aromatic carbocycles. The van der Waals surface area contributed by atoms with Crippen LogP contribution in [0.1, 0.15) is 62.5 Å². The highest BCUT2D eigenvalue weighted by Crippen LogP contribution is 2.43. The Morgan fingerprint density at radius 2 is 2.29 bits per heavy atom. The predicted octanol–water partition coefficient (Wildman–Crippen LogP) is 2.91. The predicted molar refractivity (Wildman–Crippen MR) is 80.2 cm³/mol. The summed E-state index contributed by atoms with van der Waals surface area (Å²) in [6, 6.07) is 1.87. The largest absolute Gasteiger partial charge is 0.457 e. The van der Waals surface area contributed by atoms with Gasteiger partial charge in [0.25, 0.3) is 0 Å². The lowest BCUT2D eigenvalue weighted by molar-refractivity contribution is -0.159. The third kappa shape index (κ3) is 2.79. The second-order valence-electron chi connectivity index (χ2n) is 6.56. The number of carbonyl (C=O) groups excluding carboxylic acids is 1. The molecule has 2 fully saturated rings. The van der Waals surface area contributed by atoms with Crippen LogP contribution in [0, 0.1) is 0 Å². The van der Waals surface area contributed by atoms with E-state index in [0.29, 0.717) is 18.0 Å². The Morgan fingerprint density at radius 3 is 2.90 bits per heavy atom. The van der Waals surface area contributed by atoms with Crippen molar-refractivity contribution in [3.63, 3.8) is 0 Å². The molecule has 0 radical (unpaired) electrons. The summed E-state index contributed by atoms with van der Waals surface area (Å²) in [4.78, 5) is 12.4. The molecule has 1 aromatic heterocycles. The molecule has 1 unspecified atom stereocenters. The quantitative estimate of drug-likeness (QED) is 0.870. The highest BCUT2D eigenvalue weighted by molar-refractivity contribution is 5.89. The third-order valence-electron chi connectivity index (χ3n) is 4.62. The van der Waals surface area contributed by atoms with E-state index in [0.717, 1.165) is 25.7 Å². The van der Waals surface area contributed by atoms with E-state index >= 15 is 0 Å². The first-order valence-corrected chi connectivity index (χ1v) is 7.81. The molecular formula is C16H24N2O3. The van der Waals surface area contributed by atoms with E-state index in [1.807, 2.05) is 18.4 Å². The molecule has 1 atom stereocenters. The summed E-state index contributed by atoms with van der Waals surface area (Å²) >= 11 is 0. The van der Waals surface area contributed by atoms with E-state index in [1.165, 1.54) is 6.42 Å². The van der Waals surface area contributed by atoms with Gasteiger partial charge in [-0.2, -0.15) is 0 Å². The molecule has 1 spiro atoms. The molecule has 5 nitrogen and oxygen atoms in total. The van der Waals surface area contributed by atoms with Crippen molar-refractivity contribution in [1.82, 2.24) is 4.57 Å². The molecule has 2 aliphatic rings. The maximum atomic E-state index is 12.4. The summed E-state index contributed by atoms with van der Waals surface area (Å²) in [5.74, 6) is -0.276. The van der Waals surface area contributed by atoms with Crippen molar-refractivity contribution in [2.24, 2.45) is 0 Å². The summed E-state index contributed by atoms with van der Waals surface area (Å²) in [7, 11) is 0. The van der Waals surface area contributed by atoms with Crippen LogP contribution in [0.2, 0.25) is 0 Å². The minimum Gasteiger partial charge on any atom is -0.457 e. The zero-order valence-corrected chi connectivity index (χ0v) is 12.8. The summed E-state index contributed by atoms with van der Waals surface area (Å²) in [5, 5.41) is 0. The van der Waals surface area contributed by atoms with E-state index in [4.69, 9.17) is 15.2 Å². The van der Waals surface area contributed by atoms with Gasteiger partial charge in [-0.25, -0.2) is 4.79 Å². The molecular weight excluding hydrogens is 268 g/mol. The van der Waals surface area contributed by atoms with Crippen LogP contribution >= 0.6 is 0 Å². The van der Waals surface area contributed by atoms with Gasteiger partial charge in [0.15, 0.2) is 0 Å². The Hall–Kier alpha value is -1.49. The lowest BCUT2D eigenvalue weighted by atomic mass is 9.74. The van der Waals surface area contributed by atoms with E-state index in [2.05, 4.69) is 0 Å². The first-order valence-electron chi connectivity index (χ1n) is 7.81. The number of nitrogens with two attached hydrogens (primary N) is 1. The van der Waals surface area contributed by atoms with Crippen LogP contribution in [-0.4, -0.2) is 28.8 Å². The molecule has 0 amide bonds. The SMILES string of the molecule is CC(C)n1cc(N)cc1C(=O)OC1CCOC2(CCC2)C1. The minimum absolute atomic E-state index is 0.0116. The maximum absolute atomic E-state index is 12.4. The van der Waals surface area contributed by atoms with E-state index in [9.17, 15) is 4.79 Å². The van der Waals surface area contributed by atoms with Crippen molar-refractivity contribution in [3.8, 4) is 0 Å². The highest BCUT2D eigenvalue weighted by Gasteiger charge is 2.43. The molecule has 1 saturated heterocycles. The fourth-order valence-corrected chi connectivity index (χ4v) is 3.31. The Labute approximate surface area is 125 Å². The number of nitrogens with zero attached hydrogens (tertiary/aromatic N) is 1. The zero-order valence-electron chi connectivity index (χ0n) is 12.8. The number of hydrogen-bond donors (Lipinski definition) is 1. The van der Waals surface area contributed by atoms with Crippen molar-refractivity contribution >= 4 is 11.7 Å². The molecule has 1 saturated carbocycles. The number of esters is 1. The Balaban J connectivity index is 1.68. The highest BCUT2D eigenvalue weighted by atomic mass is 16.6. The Bertz CT molecular complexity index is 532. The molecule has 2 heterocycles. The molecule has 116 valence electrons. The van der Waals surface area contributed by atoms with Crippen LogP contribution in [0.15, 0.2) is 12.3 Å². The first-order chi connectivity index (χ1) is 9.99. The number of hydrogen-bond acceptors (Lipinski definition) is 4. The number of aromatic nitrogens is 1. The number of nitrogen functional groups attached to an aromatic ring is 1. The van der Waals surface area contributed by atoms with Crippen LogP contribution in [0.4, 0.5) is 5.69 Å². The number of carbonyl (C=O) groups is 1. The molecule has 3 rings (SSSR count). The van der Waals surface area contributed by atoms with Crippen LogP contribution in [-0.2, 0) is 9.47 Å². The lowest BCUT2D eigenvalue weighted by Gasteiger charge is -2.46. The van der Waals surface area contributed by atoms with Crippen molar-refractivity contribution in [2.75, 3.05) is 12.3 Å². The van der Waals surface area contributed by atoms with Gasteiger partial charge in [-0.3, -0.25) is 0 Å². The molecule has 1 aliphatic carbocycles. The van der Waals surface area contributed by atoms with Gasteiger partial charge >= 0.3 is 5.97 Å². The maximum Gasteiger partial charge on any atom is 0.355 e. The van der Waals surface area contributed by atoms with Crippen LogP contribution < -0.4 is 5.73 Å². The van der Waals surface area contributed by atoms with Crippen LogP contribution in [0.5, 0.6) is 0 Å². The average molecular weight is 292 g/mol. The summed E-state index contributed by atoms with van der Waals surface area (Å²) in [5.41, 5.74) is 6.94. The van der Waals surface area contributed by atoms with Crippen molar-refractivity contribution < 1.29 is 14.3 Å². The van der Waals surface area contributed by atoms with E-state index < -0.39 is 0 Å². The molecule has 1 aromatic rings. The van der Waals surface area contributed by atoms with Crippen molar-refractivity contribution in [2.45, 2.75) is 63.7 Å². The summed E-state index contributed by atoms with van der Waals surface area (Å²) in [6.45, 7) is 4.73. The number of ether oxygens (including phenoxy) is 2. The zero-order chi connectivity index (χ0) is 15.0. The average Bonchev–Trinajstić information content (AvgIpc) is 2.80. The number of anilines is 1. The van der Waals surface area contributed by atoms with Gasteiger partial charge in [-0.05, 0) is 39.2 Å². The fourth-order valence-electron chi connectivity index (χ4n) is 3.31. The molecule has 21 heavy (non-hydrogen) atoms. The Kier molecular flexibility index (Phi) is 3.69. The van der Waals surface area contributed by atoms with Crippen LogP contribution in [0.3, 0.4) is 0 Å². The Morgan fingerprint density at radius 1 is 1.52 bits per heavy atom. The van der Waals surface area contributed by atoms with Gasteiger partial charge in [0, 0.05) is 25.1 Å². The standard InChI is InChI=1S/C16H24N2O3/c1-11(2)18-10-12(17)8-14(18)15(19)21-13-4-7-20-16(9-13)5-3-6-16/h8,10-11,13H,3-7,9,17H2,1-2H3. The van der Waals surface area contributed by atoms with Crippen molar-refractivity contribution in [1.29, 1.82) is 0 Å². The van der Waals surface area contributed by atoms with Crippen LogP contribution in [0.25, 0.3) is 0 Å². The molecule has 5 heteroatoms. The minimum atomic E-state index is -0.276. The van der Waals surface area contributed by atoms with Gasteiger partial charge in [-0.1, -0.05) is 0 Å². The monoisotopic (exact) mass is 292 g/mol. The third-order valence-corrected chi connectivity index (χ3v) is 4.62. The summed E-state index contributed by atoms with van der Waals surface area (Å²) in [6.07, 6.45) is 6.77. The van der Waals surface area contributed by atoms with Gasteiger partial charge in [0.1, 0.15) is 11.8 Å². The molecule has 0 bridgehead atoms. The normalized spacial score (nSPS) is 24.0. The van der Waals surface area contributed by atoms with Gasteiger partial charge in [0.2, 0.25) is 0 Å². The first kappa shape index (κ1) is 14.4. The molecule has 1 aliphatic heterocycles. The summed E-state index contributed by atoms with van der Waals surface area (Å²) < 4.78 is 13.5.